The second-order valence-electron chi connectivity index (χ2n) is 10.7. The monoisotopic (exact) mass is 533 g/mol. The highest BCUT2D eigenvalue weighted by Gasteiger charge is 2.46. The number of carbonyl (C=O) groups excluding carboxylic acids is 2. The molecule has 0 unspecified atom stereocenters. The molecule has 6 rings (SSSR count). The second kappa shape index (κ2) is 9.88. The van der Waals surface area contributed by atoms with Gasteiger partial charge >= 0.3 is 0 Å². The maximum Gasteiger partial charge on any atom is 0.236 e. The zero-order valence-corrected chi connectivity index (χ0v) is 22.8. The molecule has 0 atom stereocenters. The third kappa shape index (κ3) is 4.48. The van der Waals surface area contributed by atoms with Crippen LogP contribution in [0.3, 0.4) is 0 Å². The third-order valence-electron chi connectivity index (χ3n) is 8.52. The molecule has 7 heteroatoms. The lowest BCUT2D eigenvalue weighted by Crippen LogP contribution is -2.45. The molecule has 2 saturated carbocycles. The molecule has 5 nitrogen and oxygen atoms in total. The van der Waals surface area contributed by atoms with Crippen LogP contribution in [0.2, 0.25) is 5.02 Å². The van der Waals surface area contributed by atoms with Gasteiger partial charge in [-0.05, 0) is 74.4 Å². The Balaban J connectivity index is 1.20. The number of aryl methyl sites for hydroxylation is 1. The van der Waals surface area contributed by atoms with Crippen molar-refractivity contribution in [3.8, 4) is 11.3 Å². The van der Waals surface area contributed by atoms with Crippen LogP contribution in [0, 0.1) is 12.8 Å². The van der Waals surface area contributed by atoms with Crippen LogP contribution in [-0.2, 0) is 21.4 Å². The molecular weight excluding hydrogens is 502 g/mol. The first-order chi connectivity index (χ1) is 17.9. The Morgan fingerprint density at radius 3 is 2.51 bits per heavy atom. The number of nitrogens with one attached hydrogen (secondary N) is 1. The van der Waals surface area contributed by atoms with Crippen molar-refractivity contribution < 1.29 is 9.59 Å². The topological polar surface area (TPSA) is 62.3 Å². The van der Waals surface area contributed by atoms with E-state index in [0.29, 0.717) is 16.1 Å². The van der Waals surface area contributed by atoms with E-state index in [9.17, 15) is 9.59 Å². The zero-order valence-electron chi connectivity index (χ0n) is 21.2. The van der Waals surface area contributed by atoms with Crippen molar-refractivity contribution in [2.24, 2.45) is 5.92 Å². The van der Waals surface area contributed by atoms with E-state index >= 15 is 0 Å². The quantitative estimate of drug-likeness (QED) is 0.374. The summed E-state index contributed by atoms with van der Waals surface area (Å²) in [4.78, 5) is 34.5. The fourth-order valence-electron chi connectivity index (χ4n) is 6.23. The first kappa shape index (κ1) is 24.6. The predicted molar refractivity (Wildman–Crippen MR) is 151 cm³/mol. The van der Waals surface area contributed by atoms with Gasteiger partial charge in [-0.2, -0.15) is 0 Å². The van der Waals surface area contributed by atoms with E-state index in [0.717, 1.165) is 72.5 Å². The van der Waals surface area contributed by atoms with Gasteiger partial charge in [0.1, 0.15) is 0 Å². The van der Waals surface area contributed by atoms with E-state index in [1.165, 1.54) is 36.2 Å². The van der Waals surface area contributed by atoms with Crippen LogP contribution in [0.5, 0.6) is 0 Å². The molecule has 2 aromatic carbocycles. The van der Waals surface area contributed by atoms with E-state index in [1.54, 1.807) is 0 Å². The molecule has 2 aliphatic carbocycles. The normalized spacial score (nSPS) is 18.8. The molecule has 2 amide bonds. The highest BCUT2D eigenvalue weighted by Crippen LogP contribution is 2.45. The van der Waals surface area contributed by atoms with Crippen molar-refractivity contribution >= 4 is 45.6 Å². The molecule has 1 aromatic heterocycles. The number of anilines is 2. The number of nitrogens with zero attached hydrogens (tertiary/aromatic N) is 2. The number of benzene rings is 2. The van der Waals surface area contributed by atoms with E-state index in [2.05, 4.69) is 23.5 Å². The van der Waals surface area contributed by atoms with E-state index in [-0.39, 0.29) is 11.8 Å². The standard InChI is InChI=1S/C30H32ClN3O2S/c1-19-26(22-8-13-25-21(18-22)14-17-34(25)27(35)20-6-3-2-4-7-20)32-29(37-19)33-28(36)30(15-5-16-30)23-9-11-24(31)12-10-23/h8-13,18,20H,2-7,14-17H2,1H3,(H,32,33,36). The molecule has 2 heterocycles. The summed E-state index contributed by atoms with van der Waals surface area (Å²) in [6.45, 7) is 2.81. The predicted octanol–water partition coefficient (Wildman–Crippen LogP) is 7.30. The molecule has 37 heavy (non-hydrogen) atoms. The molecule has 3 aliphatic rings. The van der Waals surface area contributed by atoms with E-state index < -0.39 is 5.41 Å². The zero-order chi connectivity index (χ0) is 25.6. The fraction of sp³-hybridized carbons (Fsp3) is 0.433. The Bertz CT molecular complexity index is 1340. The lowest BCUT2D eigenvalue weighted by molar-refractivity contribution is -0.124. The summed E-state index contributed by atoms with van der Waals surface area (Å²) in [5.74, 6) is 0.483. The van der Waals surface area contributed by atoms with Gasteiger partial charge in [-0.3, -0.25) is 9.59 Å². The molecule has 0 radical (unpaired) electrons. The van der Waals surface area contributed by atoms with Crippen LogP contribution in [0.25, 0.3) is 11.3 Å². The number of rotatable bonds is 5. The Hall–Kier alpha value is -2.70. The van der Waals surface area contributed by atoms with E-state index in [1.807, 2.05) is 36.1 Å². The van der Waals surface area contributed by atoms with E-state index in [4.69, 9.17) is 16.6 Å². The maximum absolute atomic E-state index is 13.4. The van der Waals surface area contributed by atoms with Crippen LogP contribution < -0.4 is 10.2 Å². The van der Waals surface area contributed by atoms with Crippen molar-refractivity contribution in [1.82, 2.24) is 4.98 Å². The summed E-state index contributed by atoms with van der Waals surface area (Å²) in [5.41, 5.74) is 4.70. The van der Waals surface area contributed by atoms with Gasteiger partial charge in [-0.25, -0.2) is 4.98 Å². The van der Waals surface area contributed by atoms with Crippen molar-refractivity contribution in [3.05, 3.63) is 63.5 Å². The molecule has 0 saturated heterocycles. The highest BCUT2D eigenvalue weighted by atomic mass is 35.5. The highest BCUT2D eigenvalue weighted by molar-refractivity contribution is 7.16. The summed E-state index contributed by atoms with van der Waals surface area (Å²) in [6.07, 6.45) is 9.20. The number of hydrogen-bond donors (Lipinski definition) is 1. The molecule has 0 bridgehead atoms. The van der Waals surface area contributed by atoms with Crippen LogP contribution in [0.15, 0.2) is 42.5 Å². The van der Waals surface area contributed by atoms with Gasteiger partial charge in [-0.1, -0.05) is 55.5 Å². The second-order valence-corrected chi connectivity index (χ2v) is 12.4. The van der Waals surface area contributed by atoms with Crippen LogP contribution in [0.1, 0.15) is 67.4 Å². The minimum absolute atomic E-state index is 0.00666. The summed E-state index contributed by atoms with van der Waals surface area (Å²) in [7, 11) is 0. The summed E-state index contributed by atoms with van der Waals surface area (Å²) in [6, 6.07) is 14.0. The Labute approximate surface area is 227 Å². The smallest absolute Gasteiger partial charge is 0.236 e. The number of carbonyl (C=O) groups is 2. The van der Waals surface area contributed by atoms with Gasteiger partial charge in [0.05, 0.1) is 11.1 Å². The average Bonchev–Trinajstić information content (AvgIpc) is 3.47. The lowest BCUT2D eigenvalue weighted by atomic mass is 9.64. The van der Waals surface area contributed by atoms with Crippen molar-refractivity contribution in [2.45, 2.75) is 70.1 Å². The van der Waals surface area contributed by atoms with Crippen molar-refractivity contribution in [3.63, 3.8) is 0 Å². The fourth-order valence-corrected chi connectivity index (χ4v) is 7.19. The van der Waals surface area contributed by atoms with Crippen molar-refractivity contribution in [1.29, 1.82) is 0 Å². The molecule has 3 aromatic rings. The number of aromatic nitrogens is 1. The lowest BCUT2D eigenvalue weighted by Gasteiger charge is -2.40. The van der Waals surface area contributed by atoms with Gasteiger partial charge in [0.15, 0.2) is 5.13 Å². The summed E-state index contributed by atoms with van der Waals surface area (Å²) < 4.78 is 0. The number of thiazole rings is 1. The Kier molecular flexibility index (Phi) is 6.58. The number of hydrogen-bond acceptors (Lipinski definition) is 4. The maximum atomic E-state index is 13.4. The van der Waals surface area contributed by atoms with Gasteiger partial charge in [-0.15, -0.1) is 11.3 Å². The van der Waals surface area contributed by atoms with Crippen molar-refractivity contribution in [2.75, 3.05) is 16.8 Å². The molecule has 2 fully saturated rings. The van der Waals surface area contributed by atoms with Gasteiger partial charge in [0.2, 0.25) is 11.8 Å². The van der Waals surface area contributed by atoms with Gasteiger partial charge in [0.25, 0.3) is 0 Å². The Morgan fingerprint density at radius 2 is 1.81 bits per heavy atom. The van der Waals surface area contributed by atoms with Crippen LogP contribution >= 0.6 is 22.9 Å². The summed E-state index contributed by atoms with van der Waals surface area (Å²) in [5, 5.41) is 4.43. The molecule has 0 spiro atoms. The minimum atomic E-state index is -0.508. The largest absolute Gasteiger partial charge is 0.312 e. The minimum Gasteiger partial charge on any atom is -0.312 e. The number of halogens is 1. The summed E-state index contributed by atoms with van der Waals surface area (Å²) >= 11 is 7.59. The molecule has 1 N–H and O–H groups in total. The molecule has 192 valence electrons. The molecule has 1 aliphatic heterocycles. The first-order valence-electron chi connectivity index (χ1n) is 13.4. The molecular formula is C30H32ClN3O2S. The number of fused-ring (bicyclic) bond motifs is 1. The Morgan fingerprint density at radius 1 is 1.05 bits per heavy atom. The third-order valence-corrected chi connectivity index (χ3v) is 9.66. The van der Waals surface area contributed by atoms with Crippen LogP contribution in [-0.4, -0.2) is 23.3 Å². The number of amides is 2. The average molecular weight is 534 g/mol. The van der Waals surface area contributed by atoms with Gasteiger partial charge < -0.3 is 10.2 Å². The SMILES string of the molecule is Cc1sc(NC(=O)C2(c3ccc(Cl)cc3)CCC2)nc1-c1ccc2c(c1)CCN2C(=O)C1CCCCC1. The van der Waals surface area contributed by atoms with Crippen LogP contribution in [0.4, 0.5) is 10.8 Å². The first-order valence-corrected chi connectivity index (χ1v) is 14.6. The van der Waals surface area contributed by atoms with Gasteiger partial charge in [0, 0.05) is 33.6 Å².